The van der Waals surface area contributed by atoms with Crippen LogP contribution in [0.3, 0.4) is 0 Å². The first kappa shape index (κ1) is 17.5. The molecule has 0 heterocycles. The Bertz CT molecular complexity index is 904. The largest absolute Gasteiger partial charge is 0.387 e. The van der Waals surface area contributed by atoms with Gasteiger partial charge in [0, 0.05) is 5.92 Å². The van der Waals surface area contributed by atoms with Gasteiger partial charge in [0.2, 0.25) is 0 Å². The highest BCUT2D eigenvalue weighted by molar-refractivity contribution is 5.50. The Morgan fingerprint density at radius 3 is 1.70 bits per heavy atom. The fourth-order valence-corrected chi connectivity index (χ4v) is 3.85. The van der Waals surface area contributed by atoms with Gasteiger partial charge in [-0.15, -0.1) is 0 Å². The van der Waals surface area contributed by atoms with E-state index in [0.29, 0.717) is 0 Å². The van der Waals surface area contributed by atoms with E-state index in [1.54, 1.807) is 0 Å². The molecule has 2 nitrogen and oxygen atoms in total. The predicted molar refractivity (Wildman–Crippen MR) is 108 cm³/mol. The van der Waals surface area contributed by atoms with Gasteiger partial charge in [-0.2, -0.15) is 0 Å². The van der Waals surface area contributed by atoms with E-state index < -0.39 is 11.7 Å². The third-order valence-corrected chi connectivity index (χ3v) is 5.24. The van der Waals surface area contributed by atoms with Gasteiger partial charge in [0.15, 0.2) is 0 Å². The number of hydrogen-bond acceptors (Lipinski definition) is 2. The molecule has 0 radical (unpaired) electrons. The van der Waals surface area contributed by atoms with E-state index in [1.165, 1.54) is 0 Å². The molecule has 0 saturated heterocycles. The Kier molecular flexibility index (Phi) is 4.76. The molecule has 1 aliphatic carbocycles. The lowest BCUT2D eigenvalue weighted by atomic mass is 9.74. The number of hydrogen-bond donors (Lipinski definition) is 2. The highest BCUT2D eigenvalue weighted by atomic mass is 16.3. The fraction of sp³-hybridized carbons (Fsp3) is 0.120. The second-order valence-corrected chi connectivity index (χ2v) is 6.83. The first-order valence-electron chi connectivity index (χ1n) is 9.16. The van der Waals surface area contributed by atoms with Crippen molar-refractivity contribution in [2.45, 2.75) is 11.7 Å². The molecular weight excluding hydrogens is 332 g/mol. The smallest absolute Gasteiger partial charge is 0.137 e. The van der Waals surface area contributed by atoms with Crippen molar-refractivity contribution in [1.82, 2.24) is 0 Å². The van der Waals surface area contributed by atoms with Crippen LogP contribution in [-0.4, -0.2) is 10.2 Å². The topological polar surface area (TPSA) is 40.5 Å². The minimum absolute atomic E-state index is 0.308. The number of allylic oxidation sites excluding steroid dienone is 2. The van der Waals surface area contributed by atoms with E-state index >= 15 is 0 Å². The van der Waals surface area contributed by atoms with Crippen LogP contribution in [0.5, 0.6) is 0 Å². The fourth-order valence-electron chi connectivity index (χ4n) is 3.85. The Hall–Kier alpha value is -2.94. The molecular formula is C25H22O2. The summed E-state index contributed by atoms with van der Waals surface area (Å²) in [7, 11) is 0. The molecule has 0 amide bonds. The zero-order valence-corrected chi connectivity index (χ0v) is 14.9. The van der Waals surface area contributed by atoms with E-state index in [4.69, 9.17) is 0 Å². The van der Waals surface area contributed by atoms with Crippen LogP contribution in [0.4, 0.5) is 0 Å². The van der Waals surface area contributed by atoms with Gasteiger partial charge < -0.3 is 10.2 Å². The standard InChI is InChI=1S/C25H22O2/c26-24(19-11-4-1-5-12-19)22-17-10-18-23(22)25(27,20-13-6-2-7-14-20)21-15-8-3-9-16-21/h1-18,22,24,26-27H/t22?,24-/m1/s1. The van der Waals surface area contributed by atoms with Crippen molar-refractivity contribution in [3.8, 4) is 0 Å². The van der Waals surface area contributed by atoms with Crippen molar-refractivity contribution in [3.63, 3.8) is 0 Å². The molecule has 2 heteroatoms. The minimum atomic E-state index is -1.31. The second kappa shape index (κ2) is 7.36. The van der Waals surface area contributed by atoms with Crippen LogP contribution in [0.15, 0.2) is 115 Å². The number of aliphatic hydroxyl groups excluding tert-OH is 1. The normalized spacial score (nSPS) is 17.6. The lowest BCUT2D eigenvalue weighted by Crippen LogP contribution is -2.34. The van der Waals surface area contributed by atoms with E-state index in [2.05, 4.69) is 0 Å². The summed E-state index contributed by atoms with van der Waals surface area (Å²) in [6, 6.07) is 28.9. The summed E-state index contributed by atoms with van der Waals surface area (Å²) in [5.41, 5.74) is 1.87. The minimum Gasteiger partial charge on any atom is -0.387 e. The van der Waals surface area contributed by atoms with Crippen LogP contribution < -0.4 is 0 Å². The van der Waals surface area contributed by atoms with Crippen LogP contribution in [0.1, 0.15) is 22.8 Å². The van der Waals surface area contributed by atoms with Gasteiger partial charge in [0.1, 0.15) is 5.60 Å². The monoisotopic (exact) mass is 354 g/mol. The number of rotatable bonds is 5. The van der Waals surface area contributed by atoms with Gasteiger partial charge in [-0.05, 0) is 22.3 Å². The maximum absolute atomic E-state index is 12.0. The average Bonchev–Trinajstić information content (AvgIpc) is 3.25. The Morgan fingerprint density at radius 1 is 0.704 bits per heavy atom. The van der Waals surface area contributed by atoms with Crippen molar-refractivity contribution in [1.29, 1.82) is 0 Å². The summed E-state index contributed by atoms with van der Waals surface area (Å²) in [6.07, 6.45) is 5.08. The Morgan fingerprint density at radius 2 is 1.19 bits per heavy atom. The van der Waals surface area contributed by atoms with Crippen molar-refractivity contribution in [3.05, 3.63) is 131 Å². The molecule has 0 aromatic heterocycles. The molecule has 0 spiro atoms. The van der Waals surface area contributed by atoms with Gasteiger partial charge in [0.25, 0.3) is 0 Å². The van der Waals surface area contributed by atoms with Gasteiger partial charge >= 0.3 is 0 Å². The molecule has 3 aromatic carbocycles. The summed E-state index contributed by atoms with van der Waals surface area (Å²) in [5, 5.41) is 23.0. The van der Waals surface area contributed by atoms with E-state index in [1.807, 2.05) is 109 Å². The van der Waals surface area contributed by atoms with Crippen LogP contribution >= 0.6 is 0 Å². The van der Waals surface area contributed by atoms with Gasteiger partial charge in [-0.1, -0.05) is 109 Å². The third kappa shape index (κ3) is 3.14. The molecule has 0 bridgehead atoms. The Labute approximate surface area is 159 Å². The van der Waals surface area contributed by atoms with E-state index in [9.17, 15) is 10.2 Å². The highest BCUT2D eigenvalue weighted by Gasteiger charge is 2.42. The van der Waals surface area contributed by atoms with E-state index in [0.717, 1.165) is 22.3 Å². The van der Waals surface area contributed by atoms with Gasteiger partial charge in [0.05, 0.1) is 6.10 Å². The molecule has 134 valence electrons. The van der Waals surface area contributed by atoms with Crippen molar-refractivity contribution in [2.75, 3.05) is 0 Å². The zero-order chi connectivity index (χ0) is 18.7. The van der Waals surface area contributed by atoms with Crippen molar-refractivity contribution >= 4 is 0 Å². The first-order chi connectivity index (χ1) is 13.2. The molecule has 1 aliphatic rings. The summed E-state index contributed by atoms with van der Waals surface area (Å²) < 4.78 is 0. The van der Waals surface area contributed by atoms with Gasteiger partial charge in [-0.25, -0.2) is 0 Å². The second-order valence-electron chi connectivity index (χ2n) is 6.83. The molecule has 0 aliphatic heterocycles. The lowest BCUT2D eigenvalue weighted by Gasteiger charge is -2.36. The lowest BCUT2D eigenvalue weighted by molar-refractivity contribution is 0.0822. The highest BCUT2D eigenvalue weighted by Crippen LogP contribution is 2.46. The Balaban J connectivity index is 1.81. The van der Waals surface area contributed by atoms with Crippen molar-refractivity contribution < 1.29 is 10.2 Å². The zero-order valence-electron chi connectivity index (χ0n) is 14.9. The predicted octanol–water partition coefficient (Wildman–Crippen LogP) is 4.77. The SMILES string of the molecule is O[C@H](c1ccccc1)C1C=CC=C1C(O)(c1ccccc1)c1ccccc1. The summed E-state index contributed by atoms with van der Waals surface area (Å²) in [5.74, 6) is -0.308. The molecule has 1 unspecified atom stereocenters. The summed E-state index contributed by atoms with van der Waals surface area (Å²) in [4.78, 5) is 0. The van der Waals surface area contributed by atoms with Crippen LogP contribution in [0, 0.1) is 5.92 Å². The van der Waals surface area contributed by atoms with Crippen molar-refractivity contribution in [2.24, 2.45) is 5.92 Å². The average molecular weight is 354 g/mol. The van der Waals surface area contributed by atoms with Crippen LogP contribution in [0.2, 0.25) is 0 Å². The molecule has 3 aromatic rings. The molecule has 27 heavy (non-hydrogen) atoms. The quantitative estimate of drug-likeness (QED) is 0.693. The number of aliphatic hydroxyl groups is 2. The summed E-state index contributed by atoms with van der Waals surface area (Å²) in [6.45, 7) is 0. The van der Waals surface area contributed by atoms with E-state index in [-0.39, 0.29) is 5.92 Å². The molecule has 0 fully saturated rings. The maximum atomic E-state index is 12.0. The first-order valence-corrected chi connectivity index (χ1v) is 9.16. The number of benzene rings is 3. The summed E-state index contributed by atoms with van der Waals surface area (Å²) >= 11 is 0. The molecule has 4 rings (SSSR count). The van der Waals surface area contributed by atoms with Crippen LogP contribution in [0.25, 0.3) is 0 Å². The third-order valence-electron chi connectivity index (χ3n) is 5.24. The van der Waals surface area contributed by atoms with Crippen LogP contribution in [-0.2, 0) is 5.60 Å². The molecule has 0 saturated carbocycles. The molecule has 2 N–H and O–H groups in total. The van der Waals surface area contributed by atoms with Gasteiger partial charge in [-0.3, -0.25) is 0 Å². The maximum Gasteiger partial charge on any atom is 0.137 e. The molecule has 2 atom stereocenters.